The number of aryl methyl sites for hydroxylation is 4. The number of nitrogens with one attached hydrogen (secondary N) is 1. The molecule has 0 radical (unpaired) electrons. The van der Waals surface area contributed by atoms with E-state index in [9.17, 15) is 13.2 Å². The third-order valence-corrected chi connectivity index (χ3v) is 6.14. The lowest BCUT2D eigenvalue weighted by atomic mass is 9.96. The number of methoxy groups -OCH3 is 1. The molecule has 0 unspecified atom stereocenters. The van der Waals surface area contributed by atoms with Crippen molar-refractivity contribution in [1.82, 2.24) is 5.32 Å². The highest BCUT2D eigenvalue weighted by Gasteiger charge is 2.25. The molecule has 0 aliphatic rings. The summed E-state index contributed by atoms with van der Waals surface area (Å²) in [4.78, 5) is 12.7. The SMILES string of the molecule is COc1ccc(C)cc1N(CC(=O)N[C@H](C)c1cc(C)c(C)cc1C)S(C)(=O)=O. The van der Waals surface area contributed by atoms with E-state index in [4.69, 9.17) is 4.74 Å². The molecule has 29 heavy (non-hydrogen) atoms. The van der Waals surface area contributed by atoms with Crippen molar-refractivity contribution in [2.75, 3.05) is 24.2 Å². The summed E-state index contributed by atoms with van der Waals surface area (Å²) in [6.45, 7) is 9.51. The summed E-state index contributed by atoms with van der Waals surface area (Å²) < 4.78 is 31.2. The van der Waals surface area contributed by atoms with Crippen molar-refractivity contribution >= 4 is 21.6 Å². The van der Waals surface area contributed by atoms with Crippen LogP contribution in [-0.2, 0) is 14.8 Å². The Hall–Kier alpha value is -2.54. The number of ether oxygens (including phenoxy) is 1. The smallest absolute Gasteiger partial charge is 0.241 e. The lowest BCUT2D eigenvalue weighted by molar-refractivity contribution is -0.120. The van der Waals surface area contributed by atoms with E-state index < -0.39 is 10.0 Å². The minimum atomic E-state index is -3.69. The quantitative estimate of drug-likeness (QED) is 0.746. The van der Waals surface area contributed by atoms with Crippen LogP contribution in [0.3, 0.4) is 0 Å². The van der Waals surface area contributed by atoms with E-state index >= 15 is 0 Å². The molecule has 7 heteroatoms. The fraction of sp³-hybridized carbons (Fsp3) is 0.409. The van der Waals surface area contributed by atoms with Crippen molar-refractivity contribution in [3.8, 4) is 5.75 Å². The van der Waals surface area contributed by atoms with Crippen LogP contribution in [0.15, 0.2) is 30.3 Å². The van der Waals surface area contributed by atoms with Gasteiger partial charge >= 0.3 is 0 Å². The predicted molar refractivity (Wildman–Crippen MR) is 117 cm³/mol. The molecular weight excluding hydrogens is 388 g/mol. The molecule has 158 valence electrons. The van der Waals surface area contributed by atoms with Crippen LogP contribution < -0.4 is 14.4 Å². The van der Waals surface area contributed by atoms with Gasteiger partial charge in [0.25, 0.3) is 0 Å². The van der Waals surface area contributed by atoms with Gasteiger partial charge in [0.1, 0.15) is 12.3 Å². The first-order valence-electron chi connectivity index (χ1n) is 9.43. The summed E-state index contributed by atoms with van der Waals surface area (Å²) in [5.41, 5.74) is 5.66. The van der Waals surface area contributed by atoms with E-state index in [0.717, 1.165) is 32.8 Å². The Kier molecular flexibility index (Phi) is 6.95. The number of nitrogens with zero attached hydrogens (tertiary/aromatic N) is 1. The molecule has 0 saturated carbocycles. The normalized spacial score (nSPS) is 12.4. The van der Waals surface area contributed by atoms with E-state index in [0.29, 0.717) is 11.4 Å². The third kappa shape index (κ3) is 5.50. The lowest BCUT2D eigenvalue weighted by Gasteiger charge is -2.25. The van der Waals surface area contributed by atoms with Crippen molar-refractivity contribution in [3.63, 3.8) is 0 Å². The van der Waals surface area contributed by atoms with Crippen molar-refractivity contribution in [1.29, 1.82) is 0 Å². The van der Waals surface area contributed by atoms with Gasteiger partial charge in [-0.25, -0.2) is 8.42 Å². The molecule has 0 bridgehead atoms. The maximum absolute atomic E-state index is 12.7. The topological polar surface area (TPSA) is 75.7 Å². The van der Waals surface area contributed by atoms with Crippen LogP contribution in [0.4, 0.5) is 5.69 Å². The van der Waals surface area contributed by atoms with Gasteiger partial charge in [-0.3, -0.25) is 9.10 Å². The third-order valence-electron chi connectivity index (χ3n) is 5.02. The molecule has 0 aromatic heterocycles. The standard InChI is InChI=1S/C22H30N2O4S/c1-14-8-9-21(28-6)20(10-14)24(29(7,26)27)13-22(25)23-18(5)19-12-16(3)15(2)11-17(19)4/h8-12,18H,13H2,1-7H3,(H,23,25)/t18-/m1/s1. The van der Waals surface area contributed by atoms with Gasteiger partial charge in [0.15, 0.2) is 0 Å². The van der Waals surface area contributed by atoms with Crippen molar-refractivity contribution < 1.29 is 17.9 Å². The van der Waals surface area contributed by atoms with Gasteiger partial charge in [0.2, 0.25) is 15.9 Å². The molecule has 0 heterocycles. The number of sulfonamides is 1. The van der Waals surface area contributed by atoms with E-state index in [1.165, 1.54) is 12.7 Å². The largest absolute Gasteiger partial charge is 0.495 e. The first-order chi connectivity index (χ1) is 13.4. The van der Waals surface area contributed by atoms with E-state index in [2.05, 4.69) is 24.4 Å². The van der Waals surface area contributed by atoms with E-state index in [-0.39, 0.29) is 18.5 Å². The van der Waals surface area contributed by atoms with E-state index in [1.807, 2.05) is 33.8 Å². The molecule has 0 spiro atoms. The molecule has 0 aliphatic heterocycles. The zero-order valence-corrected chi connectivity index (χ0v) is 19.0. The summed E-state index contributed by atoms with van der Waals surface area (Å²) in [6, 6.07) is 9.13. The van der Waals surface area contributed by atoms with Crippen molar-refractivity contribution in [2.45, 2.75) is 40.7 Å². The minimum absolute atomic E-state index is 0.248. The number of rotatable bonds is 7. The zero-order chi connectivity index (χ0) is 21.9. The molecule has 1 N–H and O–H groups in total. The number of hydrogen-bond acceptors (Lipinski definition) is 4. The summed E-state index contributed by atoms with van der Waals surface area (Å²) in [5.74, 6) is 0.0102. The average molecular weight is 419 g/mol. The number of benzene rings is 2. The minimum Gasteiger partial charge on any atom is -0.495 e. The van der Waals surface area contributed by atoms with Gasteiger partial charge in [-0.2, -0.15) is 0 Å². The molecule has 0 aliphatic carbocycles. The summed E-state index contributed by atoms with van der Waals surface area (Å²) in [5, 5.41) is 2.92. The van der Waals surface area contributed by atoms with Crippen LogP contribution >= 0.6 is 0 Å². The van der Waals surface area contributed by atoms with Gasteiger partial charge in [0, 0.05) is 0 Å². The lowest BCUT2D eigenvalue weighted by Crippen LogP contribution is -2.41. The fourth-order valence-corrected chi connectivity index (χ4v) is 4.17. The Morgan fingerprint density at radius 1 is 1.07 bits per heavy atom. The Labute approximate surface area is 173 Å². The molecule has 1 amide bonds. The molecule has 2 aromatic carbocycles. The van der Waals surface area contributed by atoms with Gasteiger partial charge in [-0.15, -0.1) is 0 Å². The Bertz CT molecular complexity index is 1020. The van der Waals surface area contributed by atoms with Gasteiger partial charge in [0.05, 0.1) is 25.1 Å². The summed E-state index contributed by atoms with van der Waals surface area (Å²) in [6.07, 6.45) is 1.08. The van der Waals surface area contributed by atoms with Crippen LogP contribution in [0.2, 0.25) is 0 Å². The maximum Gasteiger partial charge on any atom is 0.241 e. The van der Waals surface area contributed by atoms with Gasteiger partial charge in [-0.1, -0.05) is 18.2 Å². The molecule has 0 saturated heterocycles. The molecule has 2 rings (SSSR count). The van der Waals surface area contributed by atoms with Gasteiger partial charge < -0.3 is 10.1 Å². The molecule has 6 nitrogen and oxygen atoms in total. The highest BCUT2D eigenvalue weighted by Crippen LogP contribution is 2.31. The van der Waals surface area contributed by atoms with Crippen molar-refractivity contribution in [2.24, 2.45) is 0 Å². The number of hydrogen-bond donors (Lipinski definition) is 1. The highest BCUT2D eigenvalue weighted by atomic mass is 32.2. The Morgan fingerprint density at radius 3 is 2.28 bits per heavy atom. The van der Waals surface area contributed by atoms with E-state index in [1.54, 1.807) is 12.1 Å². The second-order valence-corrected chi connectivity index (χ2v) is 9.43. The van der Waals surface area contributed by atoms with Crippen molar-refractivity contribution in [3.05, 3.63) is 58.1 Å². The molecule has 0 fully saturated rings. The molecular formula is C22H30N2O4S. The number of carbonyl (C=O) groups is 1. The zero-order valence-electron chi connectivity index (χ0n) is 18.2. The number of carbonyl (C=O) groups excluding carboxylic acids is 1. The Morgan fingerprint density at radius 2 is 1.69 bits per heavy atom. The molecule has 2 aromatic rings. The Balaban J connectivity index is 2.28. The number of amides is 1. The first kappa shape index (κ1) is 22.7. The second-order valence-electron chi connectivity index (χ2n) is 7.53. The van der Waals surface area contributed by atoms with Crippen LogP contribution in [-0.4, -0.2) is 34.2 Å². The molecule has 1 atom stereocenters. The van der Waals surface area contributed by atoms with Crippen LogP contribution in [0.5, 0.6) is 5.75 Å². The predicted octanol–water partition coefficient (Wildman–Crippen LogP) is 3.57. The van der Waals surface area contributed by atoms with Crippen LogP contribution in [0.25, 0.3) is 0 Å². The average Bonchev–Trinajstić information content (AvgIpc) is 2.61. The monoisotopic (exact) mass is 418 g/mol. The van der Waals surface area contributed by atoms with Gasteiger partial charge in [-0.05, 0) is 74.6 Å². The van der Waals surface area contributed by atoms with Crippen LogP contribution in [0, 0.1) is 27.7 Å². The first-order valence-corrected chi connectivity index (χ1v) is 11.3. The highest BCUT2D eigenvalue weighted by molar-refractivity contribution is 7.92. The maximum atomic E-state index is 12.7. The summed E-state index contributed by atoms with van der Waals surface area (Å²) >= 11 is 0. The number of anilines is 1. The second kappa shape index (κ2) is 8.86. The fourth-order valence-electron chi connectivity index (χ4n) is 3.32. The van der Waals surface area contributed by atoms with Crippen LogP contribution in [0.1, 0.15) is 40.8 Å². The summed E-state index contributed by atoms with van der Waals surface area (Å²) in [7, 11) is -2.22.